The molecule has 1 aromatic carbocycles. The summed E-state index contributed by atoms with van der Waals surface area (Å²) in [4.78, 5) is 11.8. The molecule has 0 saturated carbocycles. The van der Waals surface area contributed by atoms with E-state index in [2.05, 4.69) is 10.6 Å². The third kappa shape index (κ3) is 5.31. The first-order chi connectivity index (χ1) is 8.63. The Kier molecular flexibility index (Phi) is 6.43. The smallest absolute Gasteiger partial charge is 0.314 e. The summed E-state index contributed by atoms with van der Waals surface area (Å²) in [5.41, 5.74) is 1.17. The molecule has 5 heteroatoms. The average Bonchev–Trinajstić information content (AvgIpc) is 2.38. The predicted molar refractivity (Wildman–Crippen MR) is 74.1 cm³/mol. The molecule has 1 atom stereocenters. The van der Waals surface area contributed by atoms with Crippen LogP contribution < -0.4 is 10.6 Å². The zero-order valence-electron chi connectivity index (χ0n) is 10.9. The monoisotopic (exact) mass is 268 g/mol. The molecule has 0 aliphatic heterocycles. The molecule has 100 valence electrons. The summed E-state index contributed by atoms with van der Waals surface area (Å²) >= 11 is 0. The molecule has 0 aromatic heterocycles. The van der Waals surface area contributed by atoms with Gasteiger partial charge in [0.15, 0.2) is 0 Å². The van der Waals surface area contributed by atoms with Crippen LogP contribution in [0.5, 0.6) is 0 Å². The van der Waals surface area contributed by atoms with Gasteiger partial charge in [-0.05, 0) is 31.9 Å². The summed E-state index contributed by atoms with van der Waals surface area (Å²) in [5.74, 6) is 0.637. The van der Waals surface area contributed by atoms with Crippen molar-refractivity contribution in [3.63, 3.8) is 0 Å². The molecule has 0 fully saturated rings. The van der Waals surface area contributed by atoms with E-state index >= 15 is 0 Å². The van der Waals surface area contributed by atoms with Gasteiger partial charge in [0, 0.05) is 24.2 Å². The summed E-state index contributed by atoms with van der Waals surface area (Å²) < 4.78 is 11.9. The van der Waals surface area contributed by atoms with Gasteiger partial charge >= 0.3 is 6.03 Å². The van der Waals surface area contributed by atoms with Crippen molar-refractivity contribution in [3.8, 4) is 0 Å². The van der Waals surface area contributed by atoms with Crippen molar-refractivity contribution in [2.45, 2.75) is 24.7 Å². The number of amides is 2. The fourth-order valence-electron chi connectivity index (χ4n) is 1.46. The molecule has 0 saturated heterocycles. The summed E-state index contributed by atoms with van der Waals surface area (Å²) in [7, 11) is 0.649. The van der Waals surface area contributed by atoms with Gasteiger partial charge in [-0.3, -0.25) is 4.21 Å². The highest BCUT2D eigenvalue weighted by Crippen LogP contribution is 2.09. The van der Waals surface area contributed by atoms with Crippen LogP contribution in [0.25, 0.3) is 0 Å². The minimum Gasteiger partial charge on any atom is -0.341 e. The van der Waals surface area contributed by atoms with E-state index in [1.165, 1.54) is 5.56 Å². The minimum atomic E-state index is -0.936. The molecule has 4 nitrogen and oxygen atoms in total. The maximum Gasteiger partial charge on any atom is 0.314 e. The number of aryl methyl sites for hydroxylation is 1. The Hall–Kier alpha value is -1.36. The van der Waals surface area contributed by atoms with Gasteiger partial charge in [0.05, 0.1) is 10.8 Å². The van der Waals surface area contributed by atoms with E-state index in [9.17, 15) is 9.00 Å². The Morgan fingerprint density at radius 1 is 1.22 bits per heavy atom. The molecule has 0 heterocycles. The van der Waals surface area contributed by atoms with E-state index in [0.29, 0.717) is 12.3 Å². The fourth-order valence-corrected chi connectivity index (χ4v) is 2.60. The predicted octanol–water partition coefficient (Wildman–Crippen LogP) is 1.81. The van der Waals surface area contributed by atoms with Crippen LogP contribution >= 0.6 is 0 Å². The van der Waals surface area contributed by atoms with Gasteiger partial charge in [0.25, 0.3) is 0 Å². The molecule has 0 spiro atoms. The van der Waals surface area contributed by atoms with Gasteiger partial charge < -0.3 is 10.6 Å². The molecule has 2 N–H and O–H groups in total. The Labute approximate surface area is 111 Å². The van der Waals surface area contributed by atoms with Crippen LogP contribution in [-0.2, 0) is 10.8 Å². The number of rotatable bonds is 6. The van der Waals surface area contributed by atoms with E-state index in [0.717, 1.165) is 17.7 Å². The lowest BCUT2D eigenvalue weighted by molar-refractivity contribution is 0.243. The van der Waals surface area contributed by atoms with Gasteiger partial charge in [0.2, 0.25) is 0 Å². The quantitative estimate of drug-likeness (QED) is 0.773. The number of unbranched alkanes of at least 4 members (excludes halogenated alkanes) is 1. The summed E-state index contributed by atoms with van der Waals surface area (Å²) in [5, 5.41) is 5.19. The molecule has 0 aliphatic carbocycles. The van der Waals surface area contributed by atoms with Crippen LogP contribution in [-0.4, -0.2) is 29.6 Å². The third-order valence-electron chi connectivity index (χ3n) is 2.55. The highest BCUT2D eigenvalue weighted by molar-refractivity contribution is 7.85. The van der Waals surface area contributed by atoms with E-state index in [4.69, 9.17) is 0 Å². The SMILES string of the molecule is CNC(=O)NCCCCS(=O)c1ccc(C)cc1. The zero-order chi connectivity index (χ0) is 13.4. The van der Waals surface area contributed by atoms with Crippen molar-refractivity contribution in [3.05, 3.63) is 29.8 Å². The number of benzene rings is 1. The van der Waals surface area contributed by atoms with Crippen molar-refractivity contribution >= 4 is 16.8 Å². The lowest BCUT2D eigenvalue weighted by Gasteiger charge is -2.05. The van der Waals surface area contributed by atoms with E-state index in [1.807, 2.05) is 31.2 Å². The maximum absolute atomic E-state index is 11.9. The lowest BCUT2D eigenvalue weighted by Crippen LogP contribution is -2.33. The van der Waals surface area contributed by atoms with E-state index in [1.54, 1.807) is 7.05 Å². The number of nitrogens with one attached hydrogen (secondary N) is 2. The highest BCUT2D eigenvalue weighted by Gasteiger charge is 2.03. The molecule has 1 rings (SSSR count). The first-order valence-corrected chi connectivity index (χ1v) is 7.36. The second-order valence-corrected chi connectivity index (χ2v) is 5.65. The maximum atomic E-state index is 11.9. The van der Waals surface area contributed by atoms with Crippen molar-refractivity contribution in [2.24, 2.45) is 0 Å². The second kappa shape index (κ2) is 7.87. The number of carbonyl (C=O) groups is 1. The van der Waals surface area contributed by atoms with Gasteiger partial charge in [-0.15, -0.1) is 0 Å². The average molecular weight is 268 g/mol. The van der Waals surface area contributed by atoms with Crippen LogP contribution in [0.2, 0.25) is 0 Å². The molecule has 1 unspecified atom stereocenters. The highest BCUT2D eigenvalue weighted by atomic mass is 32.2. The van der Waals surface area contributed by atoms with Crippen LogP contribution in [0, 0.1) is 6.92 Å². The topological polar surface area (TPSA) is 58.2 Å². The fraction of sp³-hybridized carbons (Fsp3) is 0.462. The summed E-state index contributed by atoms with van der Waals surface area (Å²) in [6.07, 6.45) is 1.68. The largest absolute Gasteiger partial charge is 0.341 e. The number of urea groups is 1. The molecule has 0 aliphatic rings. The van der Waals surface area contributed by atoms with Gasteiger partial charge in [-0.1, -0.05) is 17.7 Å². The number of carbonyl (C=O) groups excluding carboxylic acids is 1. The van der Waals surface area contributed by atoms with Crippen LogP contribution in [0.15, 0.2) is 29.2 Å². The molecular weight excluding hydrogens is 248 g/mol. The number of hydrogen-bond acceptors (Lipinski definition) is 2. The zero-order valence-corrected chi connectivity index (χ0v) is 11.7. The second-order valence-electron chi connectivity index (χ2n) is 4.08. The Balaban J connectivity index is 2.21. The van der Waals surface area contributed by atoms with Crippen LogP contribution in [0.4, 0.5) is 4.79 Å². The Morgan fingerprint density at radius 2 is 1.89 bits per heavy atom. The molecule has 18 heavy (non-hydrogen) atoms. The molecule has 0 radical (unpaired) electrons. The summed E-state index contributed by atoms with van der Waals surface area (Å²) in [6, 6.07) is 7.60. The standard InChI is InChI=1S/C13H20N2O2S/c1-11-5-7-12(8-6-11)18(17)10-4-3-9-15-13(16)14-2/h5-8H,3-4,9-10H2,1-2H3,(H2,14,15,16). The van der Waals surface area contributed by atoms with Crippen LogP contribution in [0.3, 0.4) is 0 Å². The van der Waals surface area contributed by atoms with Crippen LogP contribution in [0.1, 0.15) is 18.4 Å². The molecule has 0 bridgehead atoms. The van der Waals surface area contributed by atoms with Gasteiger partial charge in [0.1, 0.15) is 0 Å². The van der Waals surface area contributed by atoms with E-state index < -0.39 is 10.8 Å². The molecule has 1 aromatic rings. The normalized spacial score (nSPS) is 11.9. The van der Waals surface area contributed by atoms with Crippen molar-refractivity contribution in [2.75, 3.05) is 19.3 Å². The third-order valence-corrected chi connectivity index (χ3v) is 4.01. The first kappa shape index (κ1) is 14.7. The molecule has 2 amide bonds. The van der Waals surface area contributed by atoms with Crippen molar-refractivity contribution < 1.29 is 9.00 Å². The Bertz CT molecular complexity index is 404. The molecular formula is C13H20N2O2S. The van der Waals surface area contributed by atoms with E-state index in [-0.39, 0.29) is 6.03 Å². The minimum absolute atomic E-state index is 0.172. The van der Waals surface area contributed by atoms with Gasteiger partial charge in [-0.2, -0.15) is 0 Å². The first-order valence-electron chi connectivity index (χ1n) is 6.04. The lowest BCUT2D eigenvalue weighted by atomic mass is 10.2. The summed E-state index contributed by atoms with van der Waals surface area (Å²) in [6.45, 7) is 2.63. The Morgan fingerprint density at radius 3 is 2.50 bits per heavy atom. The van der Waals surface area contributed by atoms with Gasteiger partial charge in [-0.25, -0.2) is 4.79 Å². The number of hydrogen-bond donors (Lipinski definition) is 2. The van der Waals surface area contributed by atoms with Crippen molar-refractivity contribution in [1.29, 1.82) is 0 Å². The van der Waals surface area contributed by atoms with Crippen molar-refractivity contribution in [1.82, 2.24) is 10.6 Å².